The van der Waals surface area contributed by atoms with Crippen molar-refractivity contribution < 1.29 is 38.4 Å². The fourth-order valence-electron chi connectivity index (χ4n) is 9.86. The molecule has 10 nitrogen and oxygen atoms in total. The second kappa shape index (κ2) is 13.9. The molecular formula is C45H48N2O8. The quantitative estimate of drug-likeness (QED) is 0.172. The summed E-state index contributed by atoms with van der Waals surface area (Å²) in [6.07, 6.45) is 6.59. The van der Waals surface area contributed by atoms with E-state index in [-0.39, 0.29) is 31.5 Å². The molecule has 1 N–H and O–H groups in total. The number of carbonyl (C=O) groups excluding carboxylic acids is 2. The van der Waals surface area contributed by atoms with Gasteiger partial charge < -0.3 is 38.6 Å². The molecule has 0 saturated carbocycles. The Labute approximate surface area is 321 Å². The highest BCUT2D eigenvalue weighted by Crippen LogP contribution is 2.60. The third-order valence-corrected chi connectivity index (χ3v) is 12.5. The maximum absolute atomic E-state index is 13.9. The van der Waals surface area contributed by atoms with Crippen molar-refractivity contribution in [3.8, 4) is 23.0 Å². The van der Waals surface area contributed by atoms with Crippen LogP contribution in [0.3, 0.4) is 0 Å². The largest absolute Gasteiger partial charge is 0.454 e. The lowest BCUT2D eigenvalue weighted by atomic mass is 9.76. The Hall–Kier alpha value is -5.06. The number of fused-ring (bicyclic) bond motifs is 10. The van der Waals surface area contributed by atoms with Gasteiger partial charge in [0.25, 0.3) is 0 Å². The summed E-state index contributed by atoms with van der Waals surface area (Å²) in [5.41, 5.74) is 6.19. The third kappa shape index (κ3) is 5.28. The van der Waals surface area contributed by atoms with Gasteiger partial charge in [-0.1, -0.05) is 75.9 Å². The van der Waals surface area contributed by atoms with Crippen molar-refractivity contribution in [3.05, 3.63) is 106 Å². The van der Waals surface area contributed by atoms with Crippen LogP contribution in [0, 0.1) is 0 Å². The maximum Gasteiger partial charge on any atom is 0.242 e. The minimum atomic E-state index is -0.835. The molecule has 4 aromatic carbocycles. The van der Waals surface area contributed by atoms with E-state index in [1.807, 2.05) is 70.5 Å². The van der Waals surface area contributed by atoms with Gasteiger partial charge in [-0.15, -0.1) is 0 Å². The summed E-state index contributed by atoms with van der Waals surface area (Å²) < 4.78 is 28.1. The fourth-order valence-corrected chi connectivity index (χ4v) is 9.86. The SMILES string of the molecule is CCCCCN1C(=O)C2(CC(O)c3cc4c(cc32)OCO4)c2ccccc21.CCCCCN1C(=O)C2(CC(OC)c3cc4c(cc32)OCO4)c2ccccc21. The molecule has 0 aromatic heterocycles. The summed E-state index contributed by atoms with van der Waals surface area (Å²) in [4.78, 5) is 31.5. The van der Waals surface area contributed by atoms with Crippen molar-refractivity contribution in [1.82, 2.24) is 0 Å². The monoisotopic (exact) mass is 744 g/mol. The first-order valence-electron chi connectivity index (χ1n) is 19.8. The number of amides is 2. The molecule has 4 heterocycles. The second-order valence-electron chi connectivity index (χ2n) is 15.4. The van der Waals surface area contributed by atoms with Crippen LogP contribution in [-0.2, 0) is 25.2 Å². The average Bonchev–Trinajstić information content (AvgIpc) is 4.05. The van der Waals surface area contributed by atoms with Crippen LogP contribution in [0.1, 0.15) is 111 Å². The summed E-state index contributed by atoms with van der Waals surface area (Å²) in [6.45, 7) is 6.20. The number of nitrogens with zero attached hydrogens (tertiary/aromatic N) is 2. The van der Waals surface area contributed by atoms with E-state index in [0.29, 0.717) is 36.6 Å². The molecule has 0 fully saturated rings. The highest BCUT2D eigenvalue weighted by molar-refractivity contribution is 6.12. The lowest BCUT2D eigenvalue weighted by Gasteiger charge is -2.25. The number of aliphatic hydroxyl groups is 1. The van der Waals surface area contributed by atoms with E-state index >= 15 is 0 Å². The summed E-state index contributed by atoms with van der Waals surface area (Å²) in [6, 6.07) is 23.9. The topological polar surface area (TPSA) is 107 Å². The van der Waals surface area contributed by atoms with Crippen LogP contribution in [0.25, 0.3) is 0 Å². The number of hydrogen-bond donors (Lipinski definition) is 1. The Balaban J connectivity index is 0.000000144. The molecule has 2 amide bonds. The standard InChI is InChI=1S/C23H25NO4.C22H23NO4/c1-3-4-7-10-24-18-9-6-5-8-16(18)23(22(24)25)13-21(26-2)15-11-19-20(12-17(15)23)28-14-27-19;1-2-3-6-9-23-17-8-5-4-7-15(17)22(21(23)25)12-18(24)14-10-19-20(11-16(14)22)27-13-26-19/h5-6,8-9,11-12,21H,3-4,7,10,13-14H2,1-2H3;4-5,7-8,10-11,18,24H,2-3,6,9,12-13H2,1H3. The number of anilines is 2. The normalized spacial score (nSPS) is 24.4. The van der Waals surface area contributed by atoms with E-state index in [4.69, 9.17) is 23.7 Å². The van der Waals surface area contributed by atoms with Crippen molar-refractivity contribution in [2.75, 3.05) is 43.6 Å². The Morgan fingerprint density at radius 2 is 1.09 bits per heavy atom. The number of unbranched alkanes of at least 4 members (excludes halogenated alkanes) is 4. The van der Waals surface area contributed by atoms with Crippen LogP contribution in [-0.4, -0.2) is 50.7 Å². The van der Waals surface area contributed by atoms with Crippen LogP contribution in [0.15, 0.2) is 72.8 Å². The first-order chi connectivity index (χ1) is 26.9. The van der Waals surface area contributed by atoms with Gasteiger partial charge in [0.1, 0.15) is 10.8 Å². The van der Waals surface area contributed by atoms with Gasteiger partial charge in [-0.05, 0) is 82.6 Å². The molecule has 4 unspecified atom stereocenters. The Morgan fingerprint density at radius 3 is 1.60 bits per heavy atom. The van der Waals surface area contributed by atoms with E-state index < -0.39 is 16.9 Å². The fraction of sp³-hybridized carbons (Fsp3) is 0.422. The Kier molecular flexibility index (Phi) is 9.01. The van der Waals surface area contributed by atoms with Gasteiger partial charge in [0.05, 0.1) is 12.2 Å². The minimum Gasteiger partial charge on any atom is -0.454 e. The summed E-state index contributed by atoms with van der Waals surface area (Å²) >= 11 is 0. The highest BCUT2D eigenvalue weighted by atomic mass is 16.7. The smallest absolute Gasteiger partial charge is 0.242 e. The number of hydrogen-bond acceptors (Lipinski definition) is 8. The molecule has 2 spiro atoms. The number of rotatable bonds is 9. The molecule has 10 rings (SSSR count). The summed E-state index contributed by atoms with van der Waals surface area (Å²) in [5, 5.41) is 10.8. The first kappa shape index (κ1) is 35.6. The zero-order valence-corrected chi connectivity index (χ0v) is 31.8. The van der Waals surface area contributed by atoms with Crippen LogP contribution in [0.5, 0.6) is 23.0 Å². The van der Waals surface area contributed by atoms with Gasteiger partial charge in [0.15, 0.2) is 23.0 Å². The Morgan fingerprint density at radius 1 is 0.636 bits per heavy atom. The number of carbonyl (C=O) groups is 2. The number of methoxy groups -OCH3 is 1. The number of benzene rings is 4. The highest BCUT2D eigenvalue weighted by Gasteiger charge is 2.59. The molecule has 4 aliphatic heterocycles. The van der Waals surface area contributed by atoms with E-state index in [9.17, 15) is 14.7 Å². The first-order valence-corrected chi connectivity index (χ1v) is 19.8. The van der Waals surface area contributed by atoms with Crippen LogP contribution in [0.4, 0.5) is 11.4 Å². The maximum atomic E-state index is 13.9. The average molecular weight is 745 g/mol. The van der Waals surface area contributed by atoms with E-state index in [0.717, 1.165) is 95.6 Å². The van der Waals surface area contributed by atoms with Crippen molar-refractivity contribution in [1.29, 1.82) is 0 Å². The van der Waals surface area contributed by atoms with Crippen LogP contribution in [0.2, 0.25) is 0 Å². The van der Waals surface area contributed by atoms with Gasteiger partial charge >= 0.3 is 0 Å². The number of ether oxygens (including phenoxy) is 5. The summed E-state index contributed by atoms with van der Waals surface area (Å²) in [7, 11) is 1.71. The molecule has 0 bridgehead atoms. The van der Waals surface area contributed by atoms with E-state index in [1.54, 1.807) is 7.11 Å². The Bertz CT molecular complexity index is 2170. The molecule has 55 heavy (non-hydrogen) atoms. The van der Waals surface area contributed by atoms with Gasteiger partial charge in [-0.3, -0.25) is 9.59 Å². The number of aliphatic hydroxyl groups excluding tert-OH is 1. The van der Waals surface area contributed by atoms with Gasteiger partial charge in [0, 0.05) is 44.4 Å². The van der Waals surface area contributed by atoms with Crippen molar-refractivity contribution in [2.24, 2.45) is 0 Å². The molecule has 286 valence electrons. The van der Waals surface area contributed by atoms with Crippen LogP contribution >= 0.6 is 0 Å². The summed E-state index contributed by atoms with van der Waals surface area (Å²) in [5.74, 6) is 2.96. The zero-order valence-electron chi connectivity index (χ0n) is 31.8. The van der Waals surface area contributed by atoms with Crippen molar-refractivity contribution in [3.63, 3.8) is 0 Å². The third-order valence-electron chi connectivity index (χ3n) is 12.5. The second-order valence-corrected chi connectivity index (χ2v) is 15.4. The predicted octanol–water partition coefficient (Wildman–Crippen LogP) is 8.00. The van der Waals surface area contributed by atoms with Gasteiger partial charge in [0.2, 0.25) is 25.4 Å². The van der Waals surface area contributed by atoms with E-state index in [1.165, 1.54) is 0 Å². The zero-order chi connectivity index (χ0) is 37.9. The lowest BCUT2D eigenvalue weighted by Crippen LogP contribution is -2.40. The van der Waals surface area contributed by atoms with Crippen molar-refractivity contribution in [2.45, 2.75) is 88.3 Å². The molecule has 10 heteroatoms. The van der Waals surface area contributed by atoms with E-state index in [2.05, 4.69) is 26.0 Å². The van der Waals surface area contributed by atoms with Gasteiger partial charge in [-0.2, -0.15) is 0 Å². The van der Waals surface area contributed by atoms with Gasteiger partial charge in [-0.25, -0.2) is 0 Å². The molecule has 6 aliphatic rings. The van der Waals surface area contributed by atoms with Crippen molar-refractivity contribution >= 4 is 23.2 Å². The predicted molar refractivity (Wildman–Crippen MR) is 207 cm³/mol. The van der Waals surface area contributed by atoms with Crippen LogP contribution < -0.4 is 28.7 Å². The molecule has 0 saturated heterocycles. The lowest BCUT2D eigenvalue weighted by molar-refractivity contribution is -0.123. The number of para-hydroxylation sites is 2. The molecule has 0 radical (unpaired) electrons. The molecular weight excluding hydrogens is 697 g/mol. The molecule has 4 aromatic rings. The molecule has 2 aliphatic carbocycles. The molecule has 4 atom stereocenters. The minimum absolute atomic E-state index is 0.0662.